The van der Waals surface area contributed by atoms with Crippen molar-refractivity contribution in [2.45, 2.75) is 12.5 Å². The van der Waals surface area contributed by atoms with Crippen molar-refractivity contribution < 1.29 is 9.59 Å². The van der Waals surface area contributed by atoms with Crippen molar-refractivity contribution in [3.63, 3.8) is 0 Å². The quantitative estimate of drug-likeness (QED) is 0.680. The average Bonchev–Trinajstić information content (AvgIpc) is 2.30. The molecule has 0 spiro atoms. The van der Waals surface area contributed by atoms with Gasteiger partial charge in [-0.2, -0.15) is 0 Å². The summed E-state index contributed by atoms with van der Waals surface area (Å²) in [6.07, 6.45) is 0.136. The van der Waals surface area contributed by atoms with Crippen LogP contribution in [0.1, 0.15) is 6.42 Å². The predicted octanol–water partition coefficient (Wildman–Crippen LogP) is 0.555. The van der Waals surface area contributed by atoms with E-state index in [-0.39, 0.29) is 18.2 Å². The Bertz CT molecular complexity index is 431. The van der Waals surface area contributed by atoms with E-state index in [1.165, 1.54) is 0 Å². The molecule has 2 amide bonds. The van der Waals surface area contributed by atoms with Crippen molar-refractivity contribution in [1.29, 1.82) is 0 Å². The molecule has 1 aliphatic heterocycles. The van der Waals surface area contributed by atoms with Gasteiger partial charge in [-0.05, 0) is 12.1 Å². The Morgan fingerprint density at radius 1 is 1.38 bits per heavy atom. The molecular weight excluding hydrogens is 206 g/mol. The van der Waals surface area contributed by atoms with Crippen LogP contribution in [-0.4, -0.2) is 24.9 Å². The SMILES string of the molecule is CNC(=O)CC1Nc2ccccc2NC1=O. The molecule has 0 saturated carbocycles. The zero-order chi connectivity index (χ0) is 11.5. The summed E-state index contributed by atoms with van der Waals surface area (Å²) < 4.78 is 0. The first-order chi connectivity index (χ1) is 7.70. The van der Waals surface area contributed by atoms with Crippen molar-refractivity contribution >= 4 is 23.2 Å². The number of para-hydroxylation sites is 2. The van der Waals surface area contributed by atoms with Crippen molar-refractivity contribution in [3.05, 3.63) is 24.3 Å². The molecule has 0 aliphatic carbocycles. The van der Waals surface area contributed by atoms with E-state index in [9.17, 15) is 9.59 Å². The van der Waals surface area contributed by atoms with E-state index >= 15 is 0 Å². The molecule has 0 saturated heterocycles. The van der Waals surface area contributed by atoms with Crippen molar-refractivity contribution in [2.75, 3.05) is 17.7 Å². The van der Waals surface area contributed by atoms with Gasteiger partial charge >= 0.3 is 0 Å². The standard InChI is InChI=1S/C11H13N3O2/c1-12-10(15)6-9-11(16)14-8-5-3-2-4-7(8)13-9/h2-5,9,13H,6H2,1H3,(H,12,15)(H,14,16). The maximum atomic E-state index is 11.7. The van der Waals surface area contributed by atoms with Crippen LogP contribution in [0.25, 0.3) is 0 Å². The summed E-state index contributed by atoms with van der Waals surface area (Å²) in [5.74, 6) is -0.339. The summed E-state index contributed by atoms with van der Waals surface area (Å²) in [5, 5.41) is 8.29. The van der Waals surface area contributed by atoms with Gasteiger partial charge in [0.25, 0.3) is 0 Å². The Labute approximate surface area is 93.2 Å². The number of carbonyl (C=O) groups excluding carboxylic acids is 2. The van der Waals surface area contributed by atoms with Gasteiger partial charge in [0.15, 0.2) is 0 Å². The lowest BCUT2D eigenvalue weighted by molar-refractivity contribution is -0.124. The highest BCUT2D eigenvalue weighted by molar-refractivity contribution is 6.04. The first kappa shape index (κ1) is 10.5. The number of amides is 2. The number of anilines is 2. The van der Waals surface area contributed by atoms with Gasteiger partial charge in [-0.15, -0.1) is 0 Å². The fourth-order valence-corrected chi connectivity index (χ4v) is 1.62. The monoisotopic (exact) mass is 219 g/mol. The van der Waals surface area contributed by atoms with Crippen LogP contribution in [0.3, 0.4) is 0 Å². The second-order valence-electron chi connectivity index (χ2n) is 3.61. The van der Waals surface area contributed by atoms with Crippen LogP contribution in [0.2, 0.25) is 0 Å². The highest BCUT2D eigenvalue weighted by Crippen LogP contribution is 2.26. The molecule has 1 unspecified atom stereocenters. The van der Waals surface area contributed by atoms with Crippen LogP contribution in [0, 0.1) is 0 Å². The molecular formula is C11H13N3O2. The number of hydrogen-bond acceptors (Lipinski definition) is 3. The molecule has 1 atom stereocenters. The zero-order valence-corrected chi connectivity index (χ0v) is 8.91. The summed E-state index contributed by atoms with van der Waals surface area (Å²) in [7, 11) is 1.55. The zero-order valence-electron chi connectivity index (χ0n) is 8.91. The summed E-state index contributed by atoms with van der Waals surface area (Å²) >= 11 is 0. The Morgan fingerprint density at radius 3 is 2.75 bits per heavy atom. The molecule has 84 valence electrons. The van der Waals surface area contributed by atoms with Gasteiger partial charge in [0.1, 0.15) is 6.04 Å². The van der Waals surface area contributed by atoms with Gasteiger partial charge in [0, 0.05) is 7.05 Å². The van der Waals surface area contributed by atoms with Gasteiger partial charge < -0.3 is 16.0 Å². The molecule has 0 bridgehead atoms. The predicted molar refractivity (Wildman–Crippen MR) is 61.2 cm³/mol. The Hall–Kier alpha value is -2.04. The van der Waals surface area contributed by atoms with Gasteiger partial charge in [-0.25, -0.2) is 0 Å². The molecule has 0 fully saturated rings. The van der Waals surface area contributed by atoms with E-state index in [0.29, 0.717) is 0 Å². The van der Waals surface area contributed by atoms with Crippen molar-refractivity contribution in [2.24, 2.45) is 0 Å². The minimum atomic E-state index is -0.505. The normalized spacial score (nSPS) is 18.1. The molecule has 1 aromatic rings. The number of benzene rings is 1. The first-order valence-electron chi connectivity index (χ1n) is 5.07. The number of nitrogens with one attached hydrogen (secondary N) is 3. The lowest BCUT2D eigenvalue weighted by atomic mass is 10.1. The second-order valence-corrected chi connectivity index (χ2v) is 3.61. The molecule has 5 heteroatoms. The molecule has 2 rings (SSSR count). The summed E-state index contributed by atoms with van der Waals surface area (Å²) in [6.45, 7) is 0. The Balaban J connectivity index is 2.15. The Kier molecular flexibility index (Phi) is 2.76. The summed E-state index contributed by atoms with van der Waals surface area (Å²) in [6, 6.07) is 6.90. The van der Waals surface area contributed by atoms with Crippen LogP contribution in [0.5, 0.6) is 0 Å². The third-order valence-electron chi connectivity index (χ3n) is 2.50. The topological polar surface area (TPSA) is 70.2 Å². The van der Waals surface area contributed by atoms with Gasteiger partial charge in [-0.1, -0.05) is 12.1 Å². The van der Waals surface area contributed by atoms with Crippen LogP contribution in [-0.2, 0) is 9.59 Å². The van der Waals surface area contributed by atoms with E-state index in [1.807, 2.05) is 24.3 Å². The number of hydrogen-bond donors (Lipinski definition) is 3. The lowest BCUT2D eigenvalue weighted by Gasteiger charge is -2.26. The van der Waals surface area contributed by atoms with E-state index in [1.54, 1.807) is 7.05 Å². The Morgan fingerprint density at radius 2 is 2.06 bits per heavy atom. The smallest absolute Gasteiger partial charge is 0.247 e. The van der Waals surface area contributed by atoms with E-state index in [0.717, 1.165) is 11.4 Å². The van der Waals surface area contributed by atoms with E-state index in [2.05, 4.69) is 16.0 Å². The molecule has 0 aromatic heterocycles. The van der Waals surface area contributed by atoms with Crippen molar-refractivity contribution in [1.82, 2.24) is 5.32 Å². The summed E-state index contributed by atoms with van der Waals surface area (Å²) in [5.41, 5.74) is 1.59. The van der Waals surface area contributed by atoms with Gasteiger partial charge in [-0.3, -0.25) is 9.59 Å². The molecule has 16 heavy (non-hydrogen) atoms. The van der Waals surface area contributed by atoms with E-state index in [4.69, 9.17) is 0 Å². The second kappa shape index (κ2) is 4.22. The third kappa shape index (κ3) is 1.98. The number of rotatable bonds is 2. The summed E-state index contributed by atoms with van der Waals surface area (Å²) in [4.78, 5) is 22.9. The largest absolute Gasteiger partial charge is 0.372 e. The van der Waals surface area contributed by atoms with Crippen LogP contribution >= 0.6 is 0 Å². The minimum Gasteiger partial charge on any atom is -0.372 e. The molecule has 1 aromatic carbocycles. The van der Waals surface area contributed by atoms with Crippen LogP contribution < -0.4 is 16.0 Å². The first-order valence-corrected chi connectivity index (χ1v) is 5.07. The van der Waals surface area contributed by atoms with Crippen LogP contribution in [0.15, 0.2) is 24.3 Å². The highest BCUT2D eigenvalue weighted by Gasteiger charge is 2.26. The molecule has 3 N–H and O–H groups in total. The lowest BCUT2D eigenvalue weighted by Crippen LogP contribution is -2.41. The van der Waals surface area contributed by atoms with Gasteiger partial charge in [0.2, 0.25) is 11.8 Å². The minimum absolute atomic E-state index is 0.136. The maximum Gasteiger partial charge on any atom is 0.247 e. The molecule has 0 radical (unpaired) electrons. The third-order valence-corrected chi connectivity index (χ3v) is 2.50. The maximum absolute atomic E-state index is 11.7. The highest BCUT2D eigenvalue weighted by atomic mass is 16.2. The van der Waals surface area contributed by atoms with Gasteiger partial charge in [0.05, 0.1) is 17.8 Å². The molecule has 5 nitrogen and oxygen atoms in total. The van der Waals surface area contributed by atoms with Crippen LogP contribution in [0.4, 0.5) is 11.4 Å². The number of fused-ring (bicyclic) bond motifs is 1. The molecule has 1 heterocycles. The van der Waals surface area contributed by atoms with E-state index < -0.39 is 6.04 Å². The van der Waals surface area contributed by atoms with Crippen molar-refractivity contribution in [3.8, 4) is 0 Å². The number of carbonyl (C=O) groups is 2. The fourth-order valence-electron chi connectivity index (χ4n) is 1.62. The molecule has 1 aliphatic rings. The average molecular weight is 219 g/mol. The fraction of sp³-hybridized carbons (Fsp3) is 0.273.